The van der Waals surface area contributed by atoms with Crippen LogP contribution in [0.25, 0.3) is 11.3 Å². The average Bonchev–Trinajstić information content (AvgIpc) is 2.94. The molecular weight excluding hydrogens is 404 g/mol. The summed E-state index contributed by atoms with van der Waals surface area (Å²) in [5.74, 6) is -1.26. The molecule has 2 atom stereocenters. The summed E-state index contributed by atoms with van der Waals surface area (Å²) in [6.45, 7) is 6.21. The topological polar surface area (TPSA) is 93.3 Å². The van der Waals surface area contributed by atoms with E-state index < -0.39 is 5.92 Å². The Morgan fingerprint density at radius 2 is 1.97 bits per heavy atom. The van der Waals surface area contributed by atoms with Crippen molar-refractivity contribution in [2.75, 3.05) is 41.8 Å². The molecule has 2 fully saturated rings. The highest BCUT2D eigenvalue weighted by Gasteiger charge is 2.33. The summed E-state index contributed by atoms with van der Waals surface area (Å²) in [5, 5.41) is 0. The lowest BCUT2D eigenvalue weighted by Gasteiger charge is -2.39. The van der Waals surface area contributed by atoms with Crippen LogP contribution in [-0.4, -0.2) is 64.2 Å². The molecule has 168 valence electrons. The molecule has 0 saturated carbocycles. The summed E-state index contributed by atoms with van der Waals surface area (Å²) < 4.78 is 33.7. The lowest BCUT2D eigenvalue weighted by atomic mass is 10.1. The highest BCUT2D eigenvalue weighted by Crippen LogP contribution is 2.32. The van der Waals surface area contributed by atoms with Crippen LogP contribution in [0.3, 0.4) is 0 Å². The Balaban J connectivity index is 1.72. The number of alkyl halides is 2. The zero-order valence-corrected chi connectivity index (χ0v) is 18.0. The Hall–Kier alpha value is -2.62. The van der Waals surface area contributed by atoms with E-state index in [-0.39, 0.29) is 37.5 Å². The fourth-order valence-electron chi connectivity index (χ4n) is 3.98. The highest BCUT2D eigenvalue weighted by atomic mass is 19.3. The first kappa shape index (κ1) is 21.6. The normalized spacial score (nSPS) is 24.1. The molecule has 2 aromatic heterocycles. The Morgan fingerprint density at radius 3 is 2.71 bits per heavy atom. The van der Waals surface area contributed by atoms with Gasteiger partial charge in [0.05, 0.1) is 24.4 Å². The van der Waals surface area contributed by atoms with Crippen molar-refractivity contribution in [3.8, 4) is 11.3 Å². The van der Waals surface area contributed by atoms with Crippen molar-refractivity contribution in [3.63, 3.8) is 0 Å². The van der Waals surface area contributed by atoms with Gasteiger partial charge >= 0.3 is 0 Å². The number of anilines is 3. The van der Waals surface area contributed by atoms with Gasteiger partial charge < -0.3 is 20.3 Å². The number of halogens is 2. The van der Waals surface area contributed by atoms with Gasteiger partial charge in [-0.3, -0.25) is 0 Å². The first-order valence-corrected chi connectivity index (χ1v) is 10.8. The minimum atomic E-state index is -2.65. The number of hydrogen-bond donors (Lipinski definition) is 1. The molecule has 2 aromatic rings. The number of rotatable bonds is 4. The standard InChI is InChI=1S/C21H29F2N7O/c1-3-16-12-30(14(2)13-31-16)18-9-17(15-10-25-19(24)26-11-15)27-20(28-18)29-7-4-5-21(22,23)6-8-29/h9-11,14,16H,3-8,12-13H2,1-2H3,(H2,24,25,26)/t14-,16-/m0/s1. The smallest absolute Gasteiger partial charge is 0.249 e. The maximum atomic E-state index is 13.9. The van der Waals surface area contributed by atoms with Gasteiger partial charge in [0.15, 0.2) is 0 Å². The minimum Gasteiger partial charge on any atom is -0.374 e. The van der Waals surface area contributed by atoms with Crippen molar-refractivity contribution >= 4 is 17.7 Å². The molecule has 31 heavy (non-hydrogen) atoms. The Morgan fingerprint density at radius 1 is 1.19 bits per heavy atom. The van der Waals surface area contributed by atoms with Crippen LogP contribution in [0, 0.1) is 0 Å². The Kier molecular flexibility index (Phi) is 6.17. The first-order chi connectivity index (χ1) is 14.8. The molecule has 4 rings (SSSR count). The highest BCUT2D eigenvalue weighted by molar-refractivity contribution is 5.64. The van der Waals surface area contributed by atoms with E-state index in [0.717, 1.165) is 12.2 Å². The van der Waals surface area contributed by atoms with E-state index in [1.807, 2.05) is 11.0 Å². The molecule has 0 aliphatic carbocycles. The van der Waals surface area contributed by atoms with Crippen molar-refractivity contribution < 1.29 is 13.5 Å². The van der Waals surface area contributed by atoms with E-state index in [9.17, 15) is 8.78 Å². The summed E-state index contributed by atoms with van der Waals surface area (Å²) in [5.41, 5.74) is 6.98. The van der Waals surface area contributed by atoms with Gasteiger partial charge in [-0.05, 0) is 19.8 Å². The average molecular weight is 434 g/mol. The zero-order chi connectivity index (χ0) is 22.0. The Labute approximate surface area is 180 Å². The van der Waals surface area contributed by atoms with Gasteiger partial charge in [0.25, 0.3) is 0 Å². The molecule has 0 aromatic carbocycles. The molecule has 0 bridgehead atoms. The quantitative estimate of drug-likeness (QED) is 0.786. The predicted molar refractivity (Wildman–Crippen MR) is 115 cm³/mol. The number of nitrogen functional groups attached to an aromatic ring is 1. The van der Waals surface area contributed by atoms with Gasteiger partial charge in [-0.15, -0.1) is 0 Å². The summed E-state index contributed by atoms with van der Waals surface area (Å²) in [6.07, 6.45) is 4.34. The Bertz CT molecular complexity index is 896. The number of nitrogens with zero attached hydrogens (tertiary/aromatic N) is 6. The molecule has 2 N–H and O–H groups in total. The SMILES string of the molecule is CC[C@H]1CN(c2cc(-c3cnc(N)nc3)nc(N3CCCC(F)(F)CC3)n2)[C@@H](C)CO1. The third-order valence-corrected chi connectivity index (χ3v) is 5.92. The van der Waals surface area contributed by atoms with Crippen LogP contribution in [0.1, 0.15) is 39.5 Å². The molecular formula is C21H29F2N7O. The lowest BCUT2D eigenvalue weighted by molar-refractivity contribution is -0.0102. The molecule has 0 radical (unpaired) electrons. The third-order valence-electron chi connectivity index (χ3n) is 5.92. The van der Waals surface area contributed by atoms with Crippen molar-refractivity contribution in [2.24, 2.45) is 0 Å². The van der Waals surface area contributed by atoms with Crippen LogP contribution >= 0.6 is 0 Å². The van der Waals surface area contributed by atoms with Gasteiger partial charge in [-0.25, -0.2) is 23.7 Å². The molecule has 2 aliphatic rings. The van der Waals surface area contributed by atoms with Crippen LogP contribution in [0.15, 0.2) is 18.5 Å². The summed E-state index contributed by atoms with van der Waals surface area (Å²) >= 11 is 0. The van der Waals surface area contributed by atoms with Crippen LogP contribution < -0.4 is 15.5 Å². The van der Waals surface area contributed by atoms with E-state index in [1.165, 1.54) is 0 Å². The summed E-state index contributed by atoms with van der Waals surface area (Å²) in [7, 11) is 0. The number of morpholine rings is 1. The number of aromatic nitrogens is 4. The summed E-state index contributed by atoms with van der Waals surface area (Å²) in [4.78, 5) is 21.7. The van der Waals surface area contributed by atoms with Crippen LogP contribution in [0.5, 0.6) is 0 Å². The second-order valence-corrected chi connectivity index (χ2v) is 8.30. The van der Waals surface area contributed by atoms with Crippen molar-refractivity contribution in [1.29, 1.82) is 0 Å². The molecule has 0 unspecified atom stereocenters. The van der Waals surface area contributed by atoms with Gasteiger partial charge in [0.1, 0.15) is 5.82 Å². The van der Waals surface area contributed by atoms with Gasteiger partial charge in [-0.1, -0.05) is 6.92 Å². The van der Waals surface area contributed by atoms with Crippen LogP contribution in [0.2, 0.25) is 0 Å². The summed E-state index contributed by atoms with van der Waals surface area (Å²) in [6, 6.07) is 2.04. The van der Waals surface area contributed by atoms with E-state index in [4.69, 9.17) is 20.4 Å². The number of hydrogen-bond acceptors (Lipinski definition) is 8. The van der Waals surface area contributed by atoms with Crippen molar-refractivity contribution in [2.45, 2.75) is 57.6 Å². The molecule has 0 spiro atoms. The predicted octanol–water partition coefficient (Wildman–Crippen LogP) is 3.15. The van der Waals surface area contributed by atoms with E-state index in [2.05, 4.69) is 28.7 Å². The molecule has 2 aliphatic heterocycles. The van der Waals surface area contributed by atoms with E-state index >= 15 is 0 Å². The van der Waals surface area contributed by atoms with Crippen molar-refractivity contribution in [3.05, 3.63) is 18.5 Å². The first-order valence-electron chi connectivity index (χ1n) is 10.8. The second kappa shape index (κ2) is 8.86. The number of ether oxygens (including phenoxy) is 1. The maximum Gasteiger partial charge on any atom is 0.249 e. The van der Waals surface area contributed by atoms with Crippen LogP contribution in [0.4, 0.5) is 26.5 Å². The van der Waals surface area contributed by atoms with Gasteiger partial charge in [0.2, 0.25) is 17.8 Å². The van der Waals surface area contributed by atoms with Crippen LogP contribution in [-0.2, 0) is 4.74 Å². The zero-order valence-electron chi connectivity index (χ0n) is 18.0. The minimum absolute atomic E-state index is 0.111. The monoisotopic (exact) mass is 433 g/mol. The van der Waals surface area contributed by atoms with Gasteiger partial charge in [-0.2, -0.15) is 4.98 Å². The molecule has 2 saturated heterocycles. The lowest BCUT2D eigenvalue weighted by Crippen LogP contribution is -2.48. The van der Waals surface area contributed by atoms with Gasteiger partial charge in [0, 0.05) is 56.5 Å². The molecule has 4 heterocycles. The fraction of sp³-hybridized carbons (Fsp3) is 0.619. The molecule has 10 heteroatoms. The fourth-order valence-corrected chi connectivity index (χ4v) is 3.98. The maximum absolute atomic E-state index is 13.9. The molecule has 0 amide bonds. The number of nitrogens with two attached hydrogens (primary N) is 1. The second-order valence-electron chi connectivity index (χ2n) is 8.30. The van der Waals surface area contributed by atoms with E-state index in [1.54, 1.807) is 12.4 Å². The third kappa shape index (κ3) is 5.00. The van der Waals surface area contributed by atoms with Crippen molar-refractivity contribution in [1.82, 2.24) is 19.9 Å². The molecule has 8 nitrogen and oxygen atoms in total. The van der Waals surface area contributed by atoms with E-state index in [0.29, 0.717) is 43.3 Å². The largest absolute Gasteiger partial charge is 0.374 e.